The van der Waals surface area contributed by atoms with Crippen molar-refractivity contribution in [2.75, 3.05) is 0 Å². The molecule has 0 heterocycles. The van der Waals surface area contributed by atoms with E-state index in [0.29, 0.717) is 0 Å². The molecule has 1 aromatic carbocycles. The summed E-state index contributed by atoms with van der Waals surface area (Å²) in [6.45, 7) is 9.50. The van der Waals surface area contributed by atoms with Crippen LogP contribution in [0.15, 0.2) is 22.7 Å². The van der Waals surface area contributed by atoms with Crippen molar-refractivity contribution in [3.8, 4) is 0 Å². The third-order valence-electron chi connectivity index (χ3n) is 4.25. The van der Waals surface area contributed by atoms with E-state index in [1.54, 1.807) is 11.1 Å². The summed E-state index contributed by atoms with van der Waals surface area (Å²) >= 11 is 3.59. The highest BCUT2D eigenvalue weighted by Gasteiger charge is 2.33. The molecule has 0 radical (unpaired) electrons. The molecule has 2 unspecified atom stereocenters. The molecule has 0 fully saturated rings. The second-order valence-corrected chi connectivity index (χ2v) is 6.98. The Labute approximate surface area is 114 Å². The van der Waals surface area contributed by atoms with Gasteiger partial charge in [0.25, 0.3) is 0 Å². The van der Waals surface area contributed by atoms with Gasteiger partial charge in [-0.05, 0) is 59.8 Å². The first kappa shape index (κ1) is 13.1. The van der Waals surface area contributed by atoms with Crippen LogP contribution in [0.5, 0.6) is 0 Å². The molecule has 1 aromatic rings. The van der Waals surface area contributed by atoms with Gasteiger partial charge in [-0.15, -0.1) is 0 Å². The van der Waals surface area contributed by atoms with E-state index in [1.807, 2.05) is 0 Å². The van der Waals surface area contributed by atoms with Gasteiger partial charge in [0.15, 0.2) is 0 Å². The summed E-state index contributed by atoms with van der Waals surface area (Å²) in [5.74, 6) is 3.12. The van der Waals surface area contributed by atoms with Gasteiger partial charge in [0.1, 0.15) is 0 Å². The van der Waals surface area contributed by atoms with Crippen LogP contribution in [0.2, 0.25) is 0 Å². The molecule has 0 bridgehead atoms. The summed E-state index contributed by atoms with van der Waals surface area (Å²) in [5, 5.41) is 0. The molecule has 2 rings (SSSR count). The molecule has 0 saturated heterocycles. The van der Waals surface area contributed by atoms with Crippen molar-refractivity contribution < 1.29 is 0 Å². The second kappa shape index (κ2) is 5.14. The van der Waals surface area contributed by atoms with Crippen LogP contribution >= 0.6 is 15.9 Å². The van der Waals surface area contributed by atoms with Gasteiger partial charge in [-0.25, -0.2) is 0 Å². The van der Waals surface area contributed by atoms with Gasteiger partial charge in [0.2, 0.25) is 0 Å². The lowest BCUT2D eigenvalue weighted by atomic mass is 9.66. The Morgan fingerprint density at radius 1 is 1.12 bits per heavy atom. The van der Waals surface area contributed by atoms with Gasteiger partial charge in [0, 0.05) is 4.47 Å². The lowest BCUT2D eigenvalue weighted by molar-refractivity contribution is 0.236. The summed E-state index contributed by atoms with van der Waals surface area (Å²) in [6, 6.07) is 6.87. The Balaban J connectivity index is 2.42. The van der Waals surface area contributed by atoms with E-state index < -0.39 is 0 Å². The lowest BCUT2D eigenvalue weighted by Gasteiger charge is -2.38. The van der Waals surface area contributed by atoms with Crippen molar-refractivity contribution in [1.29, 1.82) is 0 Å². The molecule has 0 aliphatic heterocycles. The molecular formula is C16H23Br. The third-order valence-corrected chi connectivity index (χ3v) is 4.74. The van der Waals surface area contributed by atoms with Crippen molar-refractivity contribution in [3.05, 3.63) is 33.8 Å². The minimum atomic E-state index is 0.739. The van der Waals surface area contributed by atoms with E-state index in [9.17, 15) is 0 Å². The molecule has 0 spiro atoms. The zero-order valence-electron chi connectivity index (χ0n) is 11.3. The van der Waals surface area contributed by atoms with Gasteiger partial charge in [0.05, 0.1) is 0 Å². The van der Waals surface area contributed by atoms with Crippen LogP contribution in [0.1, 0.15) is 51.2 Å². The predicted molar refractivity (Wildman–Crippen MR) is 78.4 cm³/mol. The van der Waals surface area contributed by atoms with Crippen LogP contribution in [0.25, 0.3) is 0 Å². The molecule has 17 heavy (non-hydrogen) atoms. The number of rotatable bonds is 2. The fourth-order valence-electron chi connectivity index (χ4n) is 3.45. The molecule has 94 valence electrons. The highest BCUT2D eigenvalue weighted by Crippen LogP contribution is 2.44. The molecule has 0 saturated carbocycles. The van der Waals surface area contributed by atoms with E-state index in [4.69, 9.17) is 0 Å². The highest BCUT2D eigenvalue weighted by molar-refractivity contribution is 9.10. The van der Waals surface area contributed by atoms with Gasteiger partial charge in [-0.3, -0.25) is 0 Å². The molecule has 0 aromatic heterocycles. The Morgan fingerprint density at radius 2 is 1.82 bits per heavy atom. The smallest absolute Gasteiger partial charge is 0.0178 e. The van der Waals surface area contributed by atoms with Crippen molar-refractivity contribution >= 4 is 15.9 Å². The minimum Gasteiger partial charge on any atom is -0.0625 e. The number of fused-ring (bicyclic) bond motifs is 1. The summed E-state index contributed by atoms with van der Waals surface area (Å²) in [5.41, 5.74) is 3.17. The van der Waals surface area contributed by atoms with Crippen molar-refractivity contribution in [1.82, 2.24) is 0 Å². The van der Waals surface area contributed by atoms with Crippen LogP contribution in [0, 0.1) is 17.8 Å². The van der Waals surface area contributed by atoms with Crippen LogP contribution in [-0.2, 0) is 6.42 Å². The maximum atomic E-state index is 3.59. The van der Waals surface area contributed by atoms with E-state index in [0.717, 1.165) is 23.7 Å². The molecular weight excluding hydrogens is 272 g/mol. The number of aryl methyl sites for hydroxylation is 1. The Morgan fingerprint density at radius 3 is 2.41 bits per heavy atom. The molecule has 2 atom stereocenters. The molecule has 0 N–H and O–H groups in total. The second-order valence-electron chi connectivity index (χ2n) is 6.06. The average Bonchev–Trinajstić information content (AvgIpc) is 2.26. The van der Waals surface area contributed by atoms with Gasteiger partial charge in [-0.1, -0.05) is 49.7 Å². The van der Waals surface area contributed by atoms with Crippen LogP contribution < -0.4 is 0 Å². The van der Waals surface area contributed by atoms with Crippen molar-refractivity contribution in [3.63, 3.8) is 0 Å². The number of hydrogen-bond donors (Lipinski definition) is 0. The first-order valence-corrected chi connectivity index (χ1v) is 7.58. The van der Waals surface area contributed by atoms with Gasteiger partial charge >= 0.3 is 0 Å². The highest BCUT2D eigenvalue weighted by atomic mass is 79.9. The van der Waals surface area contributed by atoms with Crippen molar-refractivity contribution in [2.24, 2.45) is 17.8 Å². The number of benzene rings is 1. The quantitative estimate of drug-likeness (QED) is 0.684. The zero-order valence-corrected chi connectivity index (χ0v) is 12.9. The summed E-state index contributed by atoms with van der Waals surface area (Å²) in [6.07, 6.45) is 2.60. The van der Waals surface area contributed by atoms with E-state index in [2.05, 4.69) is 61.8 Å². The Hall–Kier alpha value is -0.300. The fourth-order valence-corrected chi connectivity index (χ4v) is 3.86. The molecule has 0 nitrogen and oxygen atoms in total. The Kier molecular flexibility index (Phi) is 3.97. The van der Waals surface area contributed by atoms with Gasteiger partial charge < -0.3 is 0 Å². The Bertz CT molecular complexity index is 393. The number of halogens is 1. The summed E-state index contributed by atoms with van der Waals surface area (Å²) < 4.78 is 1.22. The summed E-state index contributed by atoms with van der Waals surface area (Å²) in [4.78, 5) is 0. The SMILES string of the molecule is CC(C)C1CCc2cc(Br)ccc2C1C(C)C. The molecule has 0 amide bonds. The maximum absolute atomic E-state index is 3.59. The standard InChI is InChI=1S/C16H23Br/c1-10(2)14-7-5-12-9-13(17)6-8-15(12)16(14)11(3)4/h6,8-11,14,16H,5,7H2,1-4H3. The van der Waals surface area contributed by atoms with E-state index >= 15 is 0 Å². The van der Waals surface area contributed by atoms with E-state index in [-0.39, 0.29) is 0 Å². The topological polar surface area (TPSA) is 0 Å². The predicted octanol–water partition coefficient (Wildman–Crippen LogP) is 5.41. The largest absolute Gasteiger partial charge is 0.0625 e. The first-order valence-electron chi connectivity index (χ1n) is 6.79. The van der Waals surface area contributed by atoms with Gasteiger partial charge in [-0.2, -0.15) is 0 Å². The van der Waals surface area contributed by atoms with E-state index in [1.165, 1.54) is 17.3 Å². The lowest BCUT2D eigenvalue weighted by Crippen LogP contribution is -2.28. The summed E-state index contributed by atoms with van der Waals surface area (Å²) in [7, 11) is 0. The minimum absolute atomic E-state index is 0.739. The molecule has 1 aliphatic rings. The molecule has 1 aliphatic carbocycles. The normalized spacial score (nSPS) is 24.2. The average molecular weight is 295 g/mol. The third kappa shape index (κ3) is 2.59. The zero-order chi connectivity index (χ0) is 12.6. The van der Waals surface area contributed by atoms with Crippen LogP contribution in [-0.4, -0.2) is 0 Å². The van der Waals surface area contributed by atoms with Crippen LogP contribution in [0.3, 0.4) is 0 Å². The maximum Gasteiger partial charge on any atom is 0.0178 e. The monoisotopic (exact) mass is 294 g/mol. The van der Waals surface area contributed by atoms with Crippen molar-refractivity contribution in [2.45, 2.75) is 46.5 Å². The first-order chi connectivity index (χ1) is 8.00. The number of hydrogen-bond acceptors (Lipinski definition) is 0. The molecule has 1 heteroatoms. The fraction of sp³-hybridized carbons (Fsp3) is 0.625. The van der Waals surface area contributed by atoms with Crippen LogP contribution in [0.4, 0.5) is 0 Å².